The van der Waals surface area contributed by atoms with Gasteiger partial charge in [-0.2, -0.15) is 0 Å². The van der Waals surface area contributed by atoms with Crippen molar-refractivity contribution in [3.05, 3.63) is 60.2 Å². The summed E-state index contributed by atoms with van der Waals surface area (Å²) in [6.45, 7) is 6.48. The van der Waals surface area contributed by atoms with E-state index in [1.165, 1.54) is 0 Å². The number of aromatic nitrogens is 3. The Kier molecular flexibility index (Phi) is 5.73. The van der Waals surface area contributed by atoms with E-state index in [2.05, 4.69) is 9.97 Å². The van der Waals surface area contributed by atoms with Crippen molar-refractivity contribution >= 4 is 17.8 Å². The van der Waals surface area contributed by atoms with Gasteiger partial charge in [-0.05, 0) is 32.9 Å². The van der Waals surface area contributed by atoms with Crippen molar-refractivity contribution in [3.63, 3.8) is 0 Å². The fourth-order valence-electron chi connectivity index (χ4n) is 3.81. The summed E-state index contributed by atoms with van der Waals surface area (Å²) in [5.41, 5.74) is 0.515. The van der Waals surface area contributed by atoms with E-state index >= 15 is 0 Å². The Morgan fingerprint density at radius 3 is 2.62 bits per heavy atom. The number of rotatable bonds is 3. The van der Waals surface area contributed by atoms with Crippen LogP contribution in [0.5, 0.6) is 5.75 Å². The van der Waals surface area contributed by atoms with Gasteiger partial charge in [0.15, 0.2) is 0 Å². The Bertz CT molecular complexity index is 1100. The van der Waals surface area contributed by atoms with Crippen molar-refractivity contribution in [3.8, 4) is 5.75 Å². The second-order valence-electron chi connectivity index (χ2n) is 8.64. The maximum atomic E-state index is 13.5. The second kappa shape index (κ2) is 8.49. The molecule has 1 aliphatic rings. The number of para-hydroxylation sites is 1. The fourth-order valence-corrected chi connectivity index (χ4v) is 3.81. The molecule has 0 radical (unpaired) electrons. The average molecular weight is 438 g/mol. The molecule has 3 heterocycles. The summed E-state index contributed by atoms with van der Waals surface area (Å²) >= 11 is 0. The molecule has 9 nitrogen and oxygen atoms in total. The molecule has 0 saturated carbocycles. The second-order valence-corrected chi connectivity index (χ2v) is 8.64. The number of nitrogens with zero attached hydrogens (tertiary/aromatic N) is 5. The Morgan fingerprint density at radius 2 is 1.91 bits per heavy atom. The molecule has 2 aromatic heterocycles. The zero-order valence-electron chi connectivity index (χ0n) is 18.7. The highest BCUT2D eigenvalue weighted by Gasteiger charge is 2.37. The maximum Gasteiger partial charge on any atom is 0.410 e. The van der Waals surface area contributed by atoms with Gasteiger partial charge in [0.05, 0.1) is 13.2 Å². The summed E-state index contributed by atoms with van der Waals surface area (Å²) < 4.78 is 12.8. The third-order valence-electron chi connectivity index (χ3n) is 5.25. The quantitative estimate of drug-likeness (QED) is 0.625. The predicted molar refractivity (Wildman–Crippen MR) is 118 cm³/mol. The van der Waals surface area contributed by atoms with E-state index in [-0.39, 0.29) is 12.5 Å². The number of ether oxygens (including phenoxy) is 2. The Morgan fingerprint density at radius 1 is 1.12 bits per heavy atom. The first-order valence-electron chi connectivity index (χ1n) is 10.5. The highest BCUT2D eigenvalue weighted by molar-refractivity contribution is 5.93. The van der Waals surface area contributed by atoms with Gasteiger partial charge in [-0.3, -0.25) is 9.20 Å². The van der Waals surface area contributed by atoms with Crippen LogP contribution >= 0.6 is 0 Å². The minimum Gasteiger partial charge on any atom is -0.496 e. The summed E-state index contributed by atoms with van der Waals surface area (Å²) in [4.78, 5) is 38.2. The summed E-state index contributed by atoms with van der Waals surface area (Å²) in [5.74, 6) is 0.880. The summed E-state index contributed by atoms with van der Waals surface area (Å²) in [7, 11) is 1.59. The number of imidazole rings is 1. The molecule has 1 atom stereocenters. The van der Waals surface area contributed by atoms with Crippen LogP contribution in [0.15, 0.2) is 48.9 Å². The van der Waals surface area contributed by atoms with E-state index in [1.54, 1.807) is 46.0 Å². The van der Waals surface area contributed by atoms with Crippen molar-refractivity contribution in [2.75, 3.05) is 26.7 Å². The van der Waals surface area contributed by atoms with Gasteiger partial charge in [0.1, 0.15) is 17.0 Å². The van der Waals surface area contributed by atoms with Crippen LogP contribution in [0.2, 0.25) is 0 Å². The molecule has 168 valence electrons. The van der Waals surface area contributed by atoms with Crippen LogP contribution in [0.1, 0.15) is 42.9 Å². The van der Waals surface area contributed by atoms with Crippen molar-refractivity contribution in [2.24, 2.45) is 0 Å². The Balaban J connectivity index is 1.67. The molecule has 2 amide bonds. The first kappa shape index (κ1) is 21.6. The van der Waals surface area contributed by atoms with Crippen LogP contribution < -0.4 is 4.74 Å². The normalized spacial score (nSPS) is 16.8. The van der Waals surface area contributed by atoms with Gasteiger partial charge in [0, 0.05) is 43.8 Å². The number of piperazine rings is 1. The lowest BCUT2D eigenvalue weighted by Crippen LogP contribution is -2.53. The van der Waals surface area contributed by atoms with Crippen molar-refractivity contribution in [2.45, 2.75) is 32.4 Å². The van der Waals surface area contributed by atoms with E-state index in [0.717, 1.165) is 5.56 Å². The van der Waals surface area contributed by atoms with Crippen LogP contribution in [0, 0.1) is 0 Å². The highest BCUT2D eigenvalue weighted by atomic mass is 16.6. The molecular formula is C23H27N5O4. The van der Waals surface area contributed by atoms with E-state index in [4.69, 9.17) is 9.47 Å². The van der Waals surface area contributed by atoms with Gasteiger partial charge in [-0.1, -0.05) is 18.2 Å². The zero-order chi connectivity index (χ0) is 22.9. The SMILES string of the molecule is COc1ccccc1[C@H]1CN(C(=O)OC(C)(C)C)CCN1C(=O)c1cn2cccnc2n1. The van der Waals surface area contributed by atoms with Gasteiger partial charge >= 0.3 is 6.09 Å². The lowest BCUT2D eigenvalue weighted by molar-refractivity contribution is 0.00374. The van der Waals surface area contributed by atoms with E-state index in [9.17, 15) is 9.59 Å². The van der Waals surface area contributed by atoms with Gasteiger partial charge < -0.3 is 19.3 Å². The summed E-state index contributed by atoms with van der Waals surface area (Å²) in [6, 6.07) is 8.88. The number of amides is 2. The number of hydrogen-bond acceptors (Lipinski definition) is 6. The van der Waals surface area contributed by atoms with E-state index in [0.29, 0.717) is 30.3 Å². The monoisotopic (exact) mass is 437 g/mol. The smallest absolute Gasteiger partial charge is 0.410 e. The average Bonchev–Trinajstić information content (AvgIpc) is 3.21. The molecule has 9 heteroatoms. The van der Waals surface area contributed by atoms with Crippen molar-refractivity contribution in [1.29, 1.82) is 0 Å². The molecule has 1 aromatic carbocycles. The third kappa shape index (κ3) is 4.37. The molecular weight excluding hydrogens is 410 g/mol. The fraction of sp³-hybridized carbons (Fsp3) is 0.391. The van der Waals surface area contributed by atoms with E-state index < -0.39 is 17.7 Å². The van der Waals surface area contributed by atoms with Crippen molar-refractivity contribution < 1.29 is 19.1 Å². The largest absolute Gasteiger partial charge is 0.496 e. The van der Waals surface area contributed by atoms with Crippen LogP contribution in [0.4, 0.5) is 4.79 Å². The minimum atomic E-state index is -0.604. The van der Waals surface area contributed by atoms with Crippen LogP contribution in [0.25, 0.3) is 5.78 Å². The van der Waals surface area contributed by atoms with Gasteiger partial charge in [0.2, 0.25) is 5.78 Å². The molecule has 0 spiro atoms. The number of methoxy groups -OCH3 is 1. The lowest BCUT2D eigenvalue weighted by Gasteiger charge is -2.41. The molecule has 0 aliphatic carbocycles. The number of carbonyl (C=O) groups is 2. The van der Waals surface area contributed by atoms with Crippen LogP contribution in [0.3, 0.4) is 0 Å². The highest BCUT2D eigenvalue weighted by Crippen LogP contribution is 2.33. The number of benzene rings is 1. The van der Waals surface area contributed by atoms with Crippen LogP contribution in [-0.2, 0) is 4.74 Å². The Hall–Kier alpha value is -3.62. The molecule has 0 N–H and O–H groups in total. The summed E-state index contributed by atoms with van der Waals surface area (Å²) in [6.07, 6.45) is 4.70. The third-order valence-corrected chi connectivity index (χ3v) is 5.25. The molecule has 0 unspecified atom stereocenters. The van der Waals surface area contributed by atoms with Gasteiger partial charge in [0.25, 0.3) is 5.91 Å². The molecule has 4 rings (SSSR count). The first-order valence-corrected chi connectivity index (χ1v) is 10.5. The van der Waals surface area contributed by atoms with Crippen LogP contribution in [-0.4, -0.2) is 68.5 Å². The maximum absolute atomic E-state index is 13.5. The molecule has 3 aromatic rings. The number of fused-ring (bicyclic) bond motifs is 1. The number of hydrogen-bond donors (Lipinski definition) is 0. The molecule has 32 heavy (non-hydrogen) atoms. The predicted octanol–water partition coefficient (Wildman–Crippen LogP) is 3.17. The molecule has 1 saturated heterocycles. The topological polar surface area (TPSA) is 89.3 Å². The lowest BCUT2D eigenvalue weighted by atomic mass is 10.0. The Labute approximate surface area is 186 Å². The standard InChI is InChI=1S/C23H27N5O4/c1-23(2,3)32-22(30)27-12-13-28(18(15-27)16-8-5-6-9-19(16)31-4)20(29)17-14-26-11-7-10-24-21(26)25-17/h5-11,14,18H,12-13,15H2,1-4H3/t18-/m1/s1. The number of carbonyl (C=O) groups excluding carboxylic acids is 2. The van der Waals surface area contributed by atoms with Gasteiger partial charge in [-0.15, -0.1) is 0 Å². The minimum absolute atomic E-state index is 0.227. The zero-order valence-corrected chi connectivity index (χ0v) is 18.7. The molecule has 0 bridgehead atoms. The van der Waals surface area contributed by atoms with Gasteiger partial charge in [-0.25, -0.2) is 14.8 Å². The molecule has 1 aliphatic heterocycles. The summed E-state index contributed by atoms with van der Waals surface area (Å²) in [5, 5.41) is 0. The first-order chi connectivity index (χ1) is 15.3. The molecule has 1 fully saturated rings. The van der Waals surface area contributed by atoms with Crippen molar-refractivity contribution in [1.82, 2.24) is 24.2 Å². The van der Waals surface area contributed by atoms with E-state index in [1.807, 2.05) is 45.0 Å².